The number of nitrogens with one attached hydrogen (secondary N) is 3. The van der Waals surface area contributed by atoms with Crippen LogP contribution in [0.5, 0.6) is 5.75 Å². The molecule has 0 aliphatic heterocycles. The molecule has 1 heterocycles. The number of hydrazine groups is 1. The molecule has 0 atom stereocenters. The van der Waals surface area contributed by atoms with Crippen LogP contribution in [-0.4, -0.2) is 27.8 Å². The zero-order valence-electron chi connectivity index (χ0n) is 13.7. The first-order chi connectivity index (χ1) is 12.6. The number of hydrogen-bond acceptors (Lipinski definition) is 4. The molecule has 8 heteroatoms. The molecule has 0 spiro atoms. The van der Waals surface area contributed by atoms with Crippen LogP contribution in [0.3, 0.4) is 0 Å². The second-order valence-electron chi connectivity index (χ2n) is 5.33. The Labute approximate surface area is 155 Å². The van der Waals surface area contributed by atoms with E-state index in [-0.39, 0.29) is 11.7 Å². The average Bonchev–Trinajstić information content (AvgIpc) is 3.10. The lowest BCUT2D eigenvalue weighted by atomic mass is 10.1. The predicted molar refractivity (Wildman–Crippen MR) is 103 cm³/mol. The largest absolute Gasteiger partial charge is 0.479 e. The Morgan fingerprint density at radius 2 is 1.65 bits per heavy atom. The van der Waals surface area contributed by atoms with Gasteiger partial charge in [0.25, 0.3) is 5.91 Å². The van der Waals surface area contributed by atoms with E-state index in [9.17, 15) is 4.79 Å². The summed E-state index contributed by atoms with van der Waals surface area (Å²) in [5, 5.41) is 7.35. The summed E-state index contributed by atoms with van der Waals surface area (Å²) >= 11 is 4.64. The Bertz CT molecular complexity index is 839. The van der Waals surface area contributed by atoms with Gasteiger partial charge in [-0.25, -0.2) is 0 Å². The summed E-state index contributed by atoms with van der Waals surface area (Å²) in [4.78, 5) is 11.9. The fourth-order valence-electron chi connectivity index (χ4n) is 2.37. The smallest absolute Gasteiger partial charge is 0.276 e. The van der Waals surface area contributed by atoms with Gasteiger partial charge in [-0.3, -0.25) is 20.7 Å². The second-order valence-corrected chi connectivity index (χ2v) is 5.77. The first kappa shape index (κ1) is 17.4. The van der Waals surface area contributed by atoms with Crippen molar-refractivity contribution in [1.29, 1.82) is 0 Å². The molecule has 132 valence electrons. The third-order valence-electron chi connectivity index (χ3n) is 3.50. The number of rotatable bonds is 5. The van der Waals surface area contributed by atoms with Gasteiger partial charge in [-0.05, 0) is 12.2 Å². The summed E-state index contributed by atoms with van der Waals surface area (Å²) in [6.07, 6.45) is 0. The highest BCUT2D eigenvalue weighted by molar-refractivity contribution is 7.80. The zero-order valence-corrected chi connectivity index (χ0v) is 14.5. The van der Waals surface area contributed by atoms with Crippen molar-refractivity contribution >= 4 is 23.2 Å². The van der Waals surface area contributed by atoms with Gasteiger partial charge in [-0.2, -0.15) is 5.10 Å². The van der Waals surface area contributed by atoms with E-state index in [0.717, 1.165) is 11.1 Å². The highest BCUT2D eigenvalue weighted by Gasteiger charge is 2.18. The SMILES string of the molecule is NC(=S)NNC(=O)COc1c(-c2ccccc2)n[nH]c1-c1ccccc1. The van der Waals surface area contributed by atoms with Crippen LogP contribution in [0, 0.1) is 0 Å². The first-order valence-corrected chi connectivity index (χ1v) is 8.22. The molecule has 7 nitrogen and oxygen atoms in total. The van der Waals surface area contributed by atoms with Gasteiger partial charge >= 0.3 is 0 Å². The van der Waals surface area contributed by atoms with Crippen molar-refractivity contribution in [2.75, 3.05) is 6.61 Å². The van der Waals surface area contributed by atoms with Gasteiger partial charge in [-0.15, -0.1) is 0 Å². The third-order valence-corrected chi connectivity index (χ3v) is 3.61. The monoisotopic (exact) mass is 367 g/mol. The van der Waals surface area contributed by atoms with Crippen LogP contribution >= 0.6 is 12.2 Å². The number of ether oxygens (including phenoxy) is 1. The lowest BCUT2D eigenvalue weighted by Crippen LogP contribution is -2.46. The molecule has 0 fully saturated rings. The quantitative estimate of drug-likeness (QED) is 0.406. The van der Waals surface area contributed by atoms with E-state index in [2.05, 4.69) is 33.3 Å². The minimum Gasteiger partial charge on any atom is -0.479 e. The molecule has 0 aliphatic rings. The number of carbonyl (C=O) groups excluding carboxylic acids is 1. The summed E-state index contributed by atoms with van der Waals surface area (Å²) in [6, 6.07) is 19.2. The van der Waals surface area contributed by atoms with Gasteiger partial charge in [0, 0.05) is 11.1 Å². The maximum absolute atomic E-state index is 11.9. The molecule has 0 saturated heterocycles. The van der Waals surface area contributed by atoms with Crippen molar-refractivity contribution in [1.82, 2.24) is 21.0 Å². The maximum atomic E-state index is 11.9. The number of nitrogens with zero attached hydrogens (tertiary/aromatic N) is 1. The number of hydrogen-bond donors (Lipinski definition) is 4. The third kappa shape index (κ3) is 4.17. The molecule has 2 aromatic carbocycles. The van der Waals surface area contributed by atoms with Gasteiger partial charge in [0.15, 0.2) is 17.5 Å². The van der Waals surface area contributed by atoms with Crippen molar-refractivity contribution in [3.05, 3.63) is 60.7 Å². The summed E-state index contributed by atoms with van der Waals surface area (Å²) in [6.45, 7) is -0.227. The Morgan fingerprint density at radius 3 is 2.27 bits per heavy atom. The second kappa shape index (κ2) is 8.13. The first-order valence-electron chi connectivity index (χ1n) is 7.81. The van der Waals surface area contributed by atoms with Gasteiger partial charge in [0.05, 0.1) is 0 Å². The number of thiocarbonyl (C=S) groups is 1. The van der Waals surface area contributed by atoms with E-state index in [0.29, 0.717) is 17.1 Å². The topological polar surface area (TPSA) is 105 Å². The molecule has 5 N–H and O–H groups in total. The minimum absolute atomic E-state index is 0.0309. The van der Waals surface area contributed by atoms with Crippen molar-refractivity contribution in [3.63, 3.8) is 0 Å². The van der Waals surface area contributed by atoms with Gasteiger partial charge in [0.2, 0.25) is 0 Å². The molecule has 3 aromatic rings. The Balaban J connectivity index is 1.89. The van der Waals surface area contributed by atoms with Gasteiger partial charge in [0.1, 0.15) is 11.4 Å². The molecule has 0 saturated carbocycles. The van der Waals surface area contributed by atoms with Gasteiger partial charge < -0.3 is 10.5 Å². The summed E-state index contributed by atoms with van der Waals surface area (Å²) in [7, 11) is 0. The Hall–Kier alpha value is -3.39. The van der Waals surface area contributed by atoms with Crippen LogP contribution in [-0.2, 0) is 4.79 Å². The number of nitrogens with two attached hydrogens (primary N) is 1. The number of benzene rings is 2. The van der Waals surface area contributed by atoms with Crippen LogP contribution in [0.2, 0.25) is 0 Å². The van der Waals surface area contributed by atoms with E-state index < -0.39 is 5.91 Å². The number of amides is 1. The minimum atomic E-state index is -0.419. The van der Waals surface area contributed by atoms with E-state index in [4.69, 9.17) is 10.5 Å². The molecule has 3 rings (SSSR count). The summed E-state index contributed by atoms with van der Waals surface area (Å²) in [5.41, 5.74) is 13.1. The summed E-state index contributed by atoms with van der Waals surface area (Å²) in [5.74, 6) is 0.0740. The molecule has 1 aromatic heterocycles. The fourth-order valence-corrected chi connectivity index (χ4v) is 2.42. The van der Waals surface area contributed by atoms with Crippen LogP contribution in [0.15, 0.2) is 60.7 Å². The van der Waals surface area contributed by atoms with E-state index in [1.165, 1.54) is 0 Å². The zero-order chi connectivity index (χ0) is 18.4. The normalized spacial score (nSPS) is 10.2. The number of aromatic nitrogens is 2. The van der Waals surface area contributed by atoms with Crippen molar-refractivity contribution in [2.24, 2.45) is 5.73 Å². The van der Waals surface area contributed by atoms with Crippen LogP contribution in [0.1, 0.15) is 0 Å². The molecule has 0 unspecified atom stereocenters. The van der Waals surface area contributed by atoms with E-state index in [1.807, 2.05) is 60.7 Å². The molecule has 1 amide bonds. The van der Waals surface area contributed by atoms with Crippen molar-refractivity contribution < 1.29 is 9.53 Å². The molecular formula is C18H17N5O2S. The Morgan fingerprint density at radius 1 is 1.04 bits per heavy atom. The molecular weight excluding hydrogens is 350 g/mol. The van der Waals surface area contributed by atoms with Crippen LogP contribution < -0.4 is 21.3 Å². The molecule has 0 aliphatic carbocycles. The van der Waals surface area contributed by atoms with Gasteiger partial charge in [-0.1, -0.05) is 60.7 Å². The van der Waals surface area contributed by atoms with Crippen molar-refractivity contribution in [3.8, 4) is 28.3 Å². The van der Waals surface area contributed by atoms with Crippen LogP contribution in [0.4, 0.5) is 0 Å². The molecule has 26 heavy (non-hydrogen) atoms. The summed E-state index contributed by atoms with van der Waals surface area (Å²) < 4.78 is 5.78. The van der Waals surface area contributed by atoms with E-state index in [1.54, 1.807) is 0 Å². The Kier molecular flexibility index (Phi) is 5.45. The number of H-pyrrole nitrogens is 1. The van der Waals surface area contributed by atoms with Crippen LogP contribution in [0.25, 0.3) is 22.5 Å². The van der Waals surface area contributed by atoms with Crippen molar-refractivity contribution in [2.45, 2.75) is 0 Å². The number of carbonyl (C=O) groups is 1. The highest BCUT2D eigenvalue weighted by atomic mass is 32.1. The highest BCUT2D eigenvalue weighted by Crippen LogP contribution is 2.36. The maximum Gasteiger partial charge on any atom is 0.276 e. The predicted octanol–water partition coefficient (Wildman–Crippen LogP) is 1.99. The average molecular weight is 367 g/mol. The molecule has 0 bridgehead atoms. The fraction of sp³-hybridized carbons (Fsp3) is 0.0556. The van der Waals surface area contributed by atoms with E-state index >= 15 is 0 Å². The number of aromatic amines is 1. The standard InChI is InChI=1S/C18H17N5O2S/c19-18(26)23-20-14(24)11-25-17-15(12-7-3-1-4-8-12)21-22-16(17)13-9-5-2-6-10-13/h1-10H,11H2,(H,20,24)(H,21,22)(H3,19,23,26). The molecule has 0 radical (unpaired) electrons. The lowest BCUT2D eigenvalue weighted by Gasteiger charge is -2.10. The lowest BCUT2D eigenvalue weighted by molar-refractivity contribution is -0.123.